The number of carbonyl (C=O) groups is 1. The number of nitrogen functional groups attached to an aromatic ring is 1. The van der Waals surface area contributed by atoms with Crippen molar-refractivity contribution in [1.29, 1.82) is 10.8 Å². The Morgan fingerprint density at radius 1 is 1.04 bits per heavy atom. The van der Waals surface area contributed by atoms with Gasteiger partial charge in [0.25, 0.3) is 0 Å². The topological polar surface area (TPSA) is 154 Å². The first kappa shape index (κ1) is 20.7. The lowest BCUT2D eigenvalue weighted by Gasteiger charge is -2.09. The maximum Gasteiger partial charge on any atom is 0.410 e. The first-order valence-corrected chi connectivity index (χ1v) is 8.70. The fourth-order valence-corrected chi connectivity index (χ4v) is 2.31. The molecule has 148 valence electrons. The molecule has 0 saturated heterocycles. The van der Waals surface area contributed by atoms with E-state index in [9.17, 15) is 4.79 Å². The monoisotopic (exact) mass is 385 g/mol. The summed E-state index contributed by atoms with van der Waals surface area (Å²) in [5.74, 6) is 1.03. The number of aromatic nitrogens is 1. The average Bonchev–Trinajstić information content (AvgIpc) is 2.67. The van der Waals surface area contributed by atoms with Crippen LogP contribution in [0.3, 0.4) is 0 Å². The molecule has 9 heteroatoms. The summed E-state index contributed by atoms with van der Waals surface area (Å²) in [4.78, 5) is 14.5. The van der Waals surface area contributed by atoms with Crippen molar-refractivity contribution in [1.82, 2.24) is 10.3 Å². The van der Waals surface area contributed by atoms with E-state index < -0.39 is 6.09 Å². The summed E-state index contributed by atoms with van der Waals surface area (Å²) >= 11 is 0. The van der Waals surface area contributed by atoms with Gasteiger partial charge in [-0.25, -0.2) is 4.79 Å². The highest BCUT2D eigenvalue weighted by Gasteiger charge is 2.05. The number of nitrogens with two attached hydrogens (primary N) is 1. The van der Waals surface area contributed by atoms with Crippen LogP contribution in [0, 0.1) is 10.8 Å². The molecule has 1 heterocycles. The molecule has 0 aliphatic rings. The van der Waals surface area contributed by atoms with Crippen LogP contribution in [-0.2, 0) is 0 Å². The van der Waals surface area contributed by atoms with E-state index in [2.05, 4.69) is 4.98 Å². The smallest absolute Gasteiger partial charge is 0.410 e. The van der Waals surface area contributed by atoms with E-state index in [1.165, 1.54) is 0 Å². The third-order valence-electron chi connectivity index (χ3n) is 3.71. The summed E-state index contributed by atoms with van der Waals surface area (Å²) in [6.45, 7) is 1.10. The molecule has 1 amide bonds. The minimum atomic E-state index is -1.27. The molecular weight excluding hydrogens is 362 g/mol. The van der Waals surface area contributed by atoms with Crippen molar-refractivity contribution in [2.45, 2.75) is 19.3 Å². The Hall–Kier alpha value is -3.62. The van der Waals surface area contributed by atoms with Crippen LogP contribution in [0.5, 0.6) is 11.5 Å². The number of nitrogens with zero attached hydrogens (tertiary/aromatic N) is 1. The van der Waals surface area contributed by atoms with Gasteiger partial charge in [0, 0.05) is 17.8 Å². The third-order valence-corrected chi connectivity index (χ3v) is 3.71. The van der Waals surface area contributed by atoms with E-state index in [4.69, 9.17) is 31.1 Å². The SMILES string of the molecule is N=C(NC(=O)O)c1ccc(OCCCCCOc2ccnc(C(=N)N)c2)cc1. The van der Waals surface area contributed by atoms with Crippen molar-refractivity contribution in [3.8, 4) is 11.5 Å². The molecule has 6 N–H and O–H groups in total. The second-order valence-corrected chi connectivity index (χ2v) is 5.88. The Balaban J connectivity index is 1.61. The summed E-state index contributed by atoms with van der Waals surface area (Å²) < 4.78 is 11.3. The Kier molecular flexibility index (Phi) is 7.77. The molecule has 0 bridgehead atoms. The summed E-state index contributed by atoms with van der Waals surface area (Å²) in [6.07, 6.45) is 2.94. The standard InChI is InChI=1S/C19H23N5O4/c20-17(21)16-12-15(8-9-23-16)28-11-3-1-2-10-27-14-6-4-13(5-7-14)18(22)24-19(25)26/h4-9,12H,1-3,10-11H2,(H3,20,21)(H2,22,24)(H,25,26). The molecule has 0 fully saturated rings. The van der Waals surface area contributed by atoms with Crippen molar-refractivity contribution < 1.29 is 19.4 Å². The van der Waals surface area contributed by atoms with Crippen LogP contribution in [-0.4, -0.2) is 41.1 Å². The normalized spacial score (nSPS) is 10.1. The van der Waals surface area contributed by atoms with Crippen LogP contribution in [0.4, 0.5) is 4.79 Å². The number of carboxylic acid groups (broad SMARTS) is 1. The lowest BCUT2D eigenvalue weighted by molar-refractivity contribution is 0.200. The molecule has 0 aliphatic carbocycles. The first-order valence-electron chi connectivity index (χ1n) is 8.70. The number of hydrogen-bond donors (Lipinski definition) is 5. The van der Waals surface area contributed by atoms with Crippen molar-refractivity contribution in [3.05, 3.63) is 53.9 Å². The molecular formula is C19H23N5O4. The lowest BCUT2D eigenvalue weighted by Crippen LogP contribution is -2.28. The van der Waals surface area contributed by atoms with Gasteiger partial charge in [-0.3, -0.25) is 21.1 Å². The Bertz CT molecular complexity index is 823. The molecule has 0 unspecified atom stereocenters. The van der Waals surface area contributed by atoms with Crippen molar-refractivity contribution in [3.63, 3.8) is 0 Å². The molecule has 1 aromatic heterocycles. The number of rotatable bonds is 10. The second kappa shape index (κ2) is 10.5. The van der Waals surface area contributed by atoms with Gasteiger partial charge in [0.2, 0.25) is 0 Å². The predicted octanol–water partition coefficient (Wildman–Crippen LogP) is 2.59. The predicted molar refractivity (Wildman–Crippen MR) is 105 cm³/mol. The van der Waals surface area contributed by atoms with E-state index >= 15 is 0 Å². The van der Waals surface area contributed by atoms with Gasteiger partial charge in [-0.2, -0.15) is 0 Å². The maximum atomic E-state index is 10.5. The van der Waals surface area contributed by atoms with E-state index in [0.717, 1.165) is 19.3 Å². The number of nitrogens with one attached hydrogen (secondary N) is 3. The van der Waals surface area contributed by atoms with E-state index in [1.54, 1.807) is 42.6 Å². The molecule has 0 spiro atoms. The Morgan fingerprint density at radius 2 is 1.68 bits per heavy atom. The molecule has 2 rings (SSSR count). The summed E-state index contributed by atoms with van der Waals surface area (Å²) in [7, 11) is 0. The van der Waals surface area contributed by atoms with Crippen LogP contribution >= 0.6 is 0 Å². The third kappa shape index (κ3) is 6.94. The lowest BCUT2D eigenvalue weighted by atomic mass is 10.2. The zero-order valence-corrected chi connectivity index (χ0v) is 15.3. The van der Waals surface area contributed by atoms with Gasteiger partial charge in [-0.05, 0) is 49.6 Å². The highest BCUT2D eigenvalue weighted by molar-refractivity contribution is 6.04. The van der Waals surface area contributed by atoms with Crippen LogP contribution in [0.25, 0.3) is 0 Å². The molecule has 0 atom stereocenters. The number of benzene rings is 1. The van der Waals surface area contributed by atoms with Gasteiger partial charge < -0.3 is 20.3 Å². The number of amides is 1. The summed E-state index contributed by atoms with van der Waals surface area (Å²) in [6, 6.07) is 10.0. The van der Waals surface area contributed by atoms with E-state index in [-0.39, 0.29) is 11.7 Å². The Labute approximate surface area is 162 Å². The number of ether oxygens (including phenoxy) is 2. The summed E-state index contributed by atoms with van der Waals surface area (Å²) in [5, 5.41) is 25.6. The maximum absolute atomic E-state index is 10.5. The number of amidine groups is 2. The van der Waals surface area contributed by atoms with Crippen molar-refractivity contribution >= 4 is 17.8 Å². The zero-order valence-electron chi connectivity index (χ0n) is 15.3. The van der Waals surface area contributed by atoms with Gasteiger partial charge in [0.15, 0.2) is 0 Å². The average molecular weight is 385 g/mol. The molecule has 2 aromatic rings. The van der Waals surface area contributed by atoms with E-state index in [1.807, 2.05) is 5.32 Å². The zero-order chi connectivity index (χ0) is 20.4. The van der Waals surface area contributed by atoms with Gasteiger partial charge in [0.1, 0.15) is 28.9 Å². The minimum Gasteiger partial charge on any atom is -0.494 e. The molecule has 1 aromatic carbocycles. The minimum absolute atomic E-state index is 0.0920. The number of hydrogen-bond acceptors (Lipinski definition) is 6. The van der Waals surface area contributed by atoms with Gasteiger partial charge in [0.05, 0.1) is 13.2 Å². The molecule has 0 radical (unpaired) electrons. The fourth-order valence-electron chi connectivity index (χ4n) is 2.31. The fraction of sp³-hybridized carbons (Fsp3) is 0.263. The molecule has 9 nitrogen and oxygen atoms in total. The van der Waals surface area contributed by atoms with Gasteiger partial charge in [-0.15, -0.1) is 0 Å². The molecule has 28 heavy (non-hydrogen) atoms. The highest BCUT2D eigenvalue weighted by atomic mass is 16.5. The second-order valence-electron chi connectivity index (χ2n) is 5.88. The van der Waals surface area contributed by atoms with Crippen LogP contribution in [0.1, 0.15) is 30.5 Å². The van der Waals surface area contributed by atoms with Crippen molar-refractivity contribution in [2.24, 2.45) is 5.73 Å². The Morgan fingerprint density at radius 3 is 2.29 bits per heavy atom. The first-order chi connectivity index (χ1) is 13.5. The van der Waals surface area contributed by atoms with Crippen LogP contribution < -0.4 is 20.5 Å². The molecule has 0 saturated carbocycles. The number of unbranched alkanes of at least 4 members (excludes halogenated alkanes) is 2. The largest absolute Gasteiger partial charge is 0.494 e. The quantitative estimate of drug-likeness (QED) is 0.240. The molecule has 0 aliphatic heterocycles. The van der Waals surface area contributed by atoms with Crippen molar-refractivity contribution in [2.75, 3.05) is 13.2 Å². The van der Waals surface area contributed by atoms with Crippen LogP contribution in [0.15, 0.2) is 42.6 Å². The summed E-state index contributed by atoms with van der Waals surface area (Å²) in [5.41, 5.74) is 6.26. The van der Waals surface area contributed by atoms with Gasteiger partial charge in [-0.1, -0.05) is 0 Å². The number of pyridine rings is 1. The van der Waals surface area contributed by atoms with Crippen LogP contribution in [0.2, 0.25) is 0 Å². The van der Waals surface area contributed by atoms with E-state index in [0.29, 0.717) is 36.0 Å². The van der Waals surface area contributed by atoms with Gasteiger partial charge >= 0.3 is 6.09 Å². The highest BCUT2D eigenvalue weighted by Crippen LogP contribution is 2.14.